The Labute approximate surface area is 85.1 Å². The molecule has 0 bridgehead atoms. The molecule has 2 saturated heterocycles. The van der Waals surface area contributed by atoms with Crippen molar-refractivity contribution in [3.05, 3.63) is 0 Å². The molecular formula is C10H20N2O2. The molecule has 0 spiro atoms. The highest BCUT2D eigenvalue weighted by molar-refractivity contribution is 4.91. The second-order valence-electron chi connectivity index (χ2n) is 4.74. The van der Waals surface area contributed by atoms with Gasteiger partial charge in [-0.2, -0.15) is 0 Å². The first-order valence-electron chi connectivity index (χ1n) is 5.42. The number of hydrogen-bond acceptors (Lipinski definition) is 4. The van der Waals surface area contributed by atoms with Gasteiger partial charge in [-0.05, 0) is 13.8 Å². The maximum Gasteiger partial charge on any atom is 0.0938 e. The maximum absolute atomic E-state index is 9.69. The fourth-order valence-electron chi connectivity index (χ4n) is 1.82. The number of β-amino-alcohol motifs (C(OH)–C–C–N with tert-alkyl or cyclic N) is 2. The minimum atomic E-state index is -0.590. The Morgan fingerprint density at radius 3 is 1.50 bits per heavy atom. The number of hydrogen-bond donors (Lipinski definition) is 2. The third-order valence-corrected chi connectivity index (χ3v) is 3.26. The van der Waals surface area contributed by atoms with Crippen LogP contribution in [0.3, 0.4) is 0 Å². The quantitative estimate of drug-likeness (QED) is 0.566. The normalized spacial score (nSPS) is 44.6. The molecule has 2 aliphatic rings. The summed E-state index contributed by atoms with van der Waals surface area (Å²) in [6, 6.07) is 1.19. The lowest BCUT2D eigenvalue weighted by Crippen LogP contribution is -2.37. The molecule has 4 nitrogen and oxygen atoms in total. The summed E-state index contributed by atoms with van der Waals surface area (Å²) in [4.78, 5) is 4.33. The molecule has 2 aliphatic heterocycles. The van der Waals surface area contributed by atoms with E-state index >= 15 is 0 Å². The van der Waals surface area contributed by atoms with Gasteiger partial charge < -0.3 is 10.2 Å². The van der Waals surface area contributed by atoms with Crippen LogP contribution in [0, 0.1) is 0 Å². The summed E-state index contributed by atoms with van der Waals surface area (Å²) >= 11 is 0. The fraction of sp³-hybridized carbons (Fsp3) is 1.00. The zero-order valence-corrected chi connectivity index (χ0v) is 8.93. The molecule has 0 aromatic carbocycles. The average Bonchev–Trinajstić information content (AvgIpc) is 2.96. The second kappa shape index (κ2) is 3.77. The molecule has 14 heavy (non-hydrogen) atoms. The smallest absolute Gasteiger partial charge is 0.0938 e. The average molecular weight is 200 g/mol. The van der Waals surface area contributed by atoms with E-state index in [4.69, 9.17) is 0 Å². The van der Waals surface area contributed by atoms with Crippen molar-refractivity contribution in [2.75, 3.05) is 26.2 Å². The fourth-order valence-corrected chi connectivity index (χ4v) is 1.82. The van der Waals surface area contributed by atoms with E-state index in [0.717, 1.165) is 13.1 Å². The van der Waals surface area contributed by atoms with Gasteiger partial charge in [-0.25, -0.2) is 0 Å². The van der Waals surface area contributed by atoms with Crippen molar-refractivity contribution in [2.24, 2.45) is 0 Å². The van der Waals surface area contributed by atoms with E-state index in [1.165, 1.54) is 0 Å². The van der Waals surface area contributed by atoms with Gasteiger partial charge in [0.25, 0.3) is 0 Å². The molecular weight excluding hydrogens is 180 g/mol. The summed E-state index contributed by atoms with van der Waals surface area (Å²) < 4.78 is 0. The number of rotatable bonds is 5. The Morgan fingerprint density at radius 1 is 1.00 bits per heavy atom. The van der Waals surface area contributed by atoms with Crippen LogP contribution in [0.15, 0.2) is 0 Å². The van der Waals surface area contributed by atoms with Crippen LogP contribution in [-0.2, 0) is 0 Å². The van der Waals surface area contributed by atoms with E-state index < -0.39 is 12.2 Å². The van der Waals surface area contributed by atoms with Gasteiger partial charge in [0.05, 0.1) is 12.2 Å². The van der Waals surface area contributed by atoms with Gasteiger partial charge in [-0.1, -0.05) is 0 Å². The van der Waals surface area contributed by atoms with Gasteiger partial charge >= 0.3 is 0 Å². The SMILES string of the molecule is C[C@H]1CN1C[C@@H](O)[C@@H](O)CN1C[C@@H]1C. The van der Waals surface area contributed by atoms with Crippen LogP contribution in [0.5, 0.6) is 0 Å². The molecule has 2 fully saturated rings. The Balaban J connectivity index is 1.65. The molecule has 0 aromatic rings. The van der Waals surface area contributed by atoms with Crippen molar-refractivity contribution in [1.82, 2.24) is 9.80 Å². The van der Waals surface area contributed by atoms with Gasteiger partial charge in [-0.3, -0.25) is 9.80 Å². The van der Waals surface area contributed by atoms with Crippen molar-refractivity contribution in [3.63, 3.8) is 0 Å². The lowest BCUT2D eigenvalue weighted by atomic mass is 10.2. The molecule has 4 heteroatoms. The molecule has 0 aliphatic carbocycles. The molecule has 2 heterocycles. The van der Waals surface area contributed by atoms with Gasteiger partial charge in [0.15, 0.2) is 0 Å². The largest absolute Gasteiger partial charge is 0.389 e. The minimum Gasteiger partial charge on any atom is -0.389 e. The maximum atomic E-state index is 9.69. The van der Waals surface area contributed by atoms with Crippen LogP contribution in [0.4, 0.5) is 0 Å². The van der Waals surface area contributed by atoms with Crippen LogP contribution < -0.4 is 0 Å². The highest BCUT2D eigenvalue weighted by Crippen LogP contribution is 2.19. The van der Waals surface area contributed by atoms with E-state index in [9.17, 15) is 10.2 Å². The summed E-state index contributed by atoms with van der Waals surface area (Å²) in [5.74, 6) is 0. The monoisotopic (exact) mass is 200 g/mol. The predicted octanol–water partition coefficient (Wildman–Crippen LogP) is -0.884. The third kappa shape index (κ3) is 2.45. The highest BCUT2D eigenvalue weighted by Gasteiger charge is 2.36. The Kier molecular flexibility index (Phi) is 2.79. The van der Waals surface area contributed by atoms with Crippen LogP contribution >= 0.6 is 0 Å². The van der Waals surface area contributed by atoms with Gasteiger partial charge in [0.1, 0.15) is 0 Å². The predicted molar refractivity (Wildman–Crippen MR) is 54.1 cm³/mol. The number of aliphatic hydroxyl groups excluding tert-OH is 2. The van der Waals surface area contributed by atoms with Crippen LogP contribution in [0.2, 0.25) is 0 Å². The minimum absolute atomic E-state index is 0.590. The molecule has 2 unspecified atom stereocenters. The molecule has 0 saturated carbocycles. The summed E-state index contributed by atoms with van der Waals surface area (Å²) in [7, 11) is 0. The first kappa shape index (κ1) is 10.4. The van der Waals surface area contributed by atoms with Crippen molar-refractivity contribution >= 4 is 0 Å². The molecule has 2 N–H and O–H groups in total. The standard InChI is InChI=1S/C10H20N2O2/c1-7-3-11(7)5-9(13)10(14)6-12-4-8(12)2/h7-10,13-14H,3-6H2,1-2H3/t7-,8-,9-,10+,11?,12?/m0/s1. The topological polar surface area (TPSA) is 46.5 Å². The number of aliphatic hydroxyl groups is 2. The van der Waals surface area contributed by atoms with Crippen LogP contribution in [0.1, 0.15) is 13.8 Å². The zero-order valence-electron chi connectivity index (χ0n) is 8.93. The molecule has 6 atom stereocenters. The van der Waals surface area contributed by atoms with E-state index in [1.807, 2.05) is 0 Å². The summed E-state index contributed by atoms with van der Waals surface area (Å²) in [5.41, 5.74) is 0. The van der Waals surface area contributed by atoms with Crippen molar-refractivity contribution in [3.8, 4) is 0 Å². The lowest BCUT2D eigenvalue weighted by molar-refractivity contribution is 0.00356. The van der Waals surface area contributed by atoms with Crippen molar-refractivity contribution in [1.29, 1.82) is 0 Å². The van der Waals surface area contributed by atoms with Crippen molar-refractivity contribution in [2.45, 2.75) is 38.1 Å². The van der Waals surface area contributed by atoms with Crippen LogP contribution in [0.25, 0.3) is 0 Å². The highest BCUT2D eigenvalue weighted by atomic mass is 16.3. The Bertz CT molecular complexity index is 190. The van der Waals surface area contributed by atoms with Gasteiger partial charge in [0, 0.05) is 38.3 Å². The molecule has 0 radical (unpaired) electrons. The van der Waals surface area contributed by atoms with E-state index in [1.54, 1.807) is 0 Å². The lowest BCUT2D eigenvalue weighted by Gasteiger charge is -2.18. The van der Waals surface area contributed by atoms with E-state index in [0.29, 0.717) is 25.2 Å². The molecule has 2 rings (SSSR count). The second-order valence-corrected chi connectivity index (χ2v) is 4.74. The van der Waals surface area contributed by atoms with E-state index in [2.05, 4.69) is 23.6 Å². The van der Waals surface area contributed by atoms with Crippen LogP contribution in [-0.4, -0.2) is 70.5 Å². The zero-order chi connectivity index (χ0) is 10.3. The number of nitrogens with zero attached hydrogens (tertiary/aromatic N) is 2. The van der Waals surface area contributed by atoms with Crippen molar-refractivity contribution < 1.29 is 10.2 Å². The molecule has 0 aromatic heterocycles. The molecule has 82 valence electrons. The summed E-state index contributed by atoms with van der Waals surface area (Å²) in [5, 5.41) is 19.4. The summed E-state index contributed by atoms with van der Waals surface area (Å²) in [6.07, 6.45) is -1.18. The summed E-state index contributed by atoms with van der Waals surface area (Å²) in [6.45, 7) is 7.61. The first-order chi connectivity index (χ1) is 6.58. The Morgan fingerprint density at radius 2 is 1.29 bits per heavy atom. The van der Waals surface area contributed by atoms with Gasteiger partial charge in [-0.15, -0.1) is 0 Å². The molecule has 0 amide bonds. The van der Waals surface area contributed by atoms with Gasteiger partial charge in [0.2, 0.25) is 0 Å². The third-order valence-electron chi connectivity index (χ3n) is 3.26. The van der Waals surface area contributed by atoms with E-state index in [-0.39, 0.29) is 0 Å². The first-order valence-corrected chi connectivity index (χ1v) is 5.42. The Hall–Kier alpha value is -0.160.